The Kier molecular flexibility index (Phi) is 3.67. The summed E-state index contributed by atoms with van der Waals surface area (Å²) in [6.07, 6.45) is 1.72. The normalized spacial score (nSPS) is 9.71. The third-order valence-electron chi connectivity index (χ3n) is 2.25. The topological polar surface area (TPSA) is 34.1 Å². The Balaban J connectivity index is 2.08. The van der Waals surface area contributed by atoms with Gasteiger partial charge in [0.25, 0.3) is 0 Å². The molecule has 1 aromatic carbocycles. The van der Waals surface area contributed by atoms with Crippen LogP contribution in [-0.4, -0.2) is 17.1 Å². The van der Waals surface area contributed by atoms with Crippen molar-refractivity contribution in [1.82, 2.24) is 4.98 Å². The van der Waals surface area contributed by atoms with E-state index >= 15 is 0 Å². The Bertz CT molecular complexity index is 497. The average molecular weight is 244 g/mol. The fraction of sp³-hybridized carbons (Fsp3) is 0.0769. The van der Waals surface area contributed by atoms with Crippen LogP contribution in [0.2, 0.25) is 0 Å². The highest BCUT2D eigenvalue weighted by molar-refractivity contribution is 7.81. The van der Waals surface area contributed by atoms with Crippen LogP contribution in [0.3, 0.4) is 0 Å². The Morgan fingerprint density at radius 3 is 2.53 bits per heavy atom. The highest BCUT2D eigenvalue weighted by Gasteiger charge is 2.02. The second-order valence-electron chi connectivity index (χ2n) is 3.40. The van der Waals surface area contributed by atoms with Crippen LogP contribution in [0.1, 0.15) is 5.69 Å². The summed E-state index contributed by atoms with van der Waals surface area (Å²) in [4.78, 5) is 4.79. The number of benzene rings is 1. The molecular formula is C13H12N2OS. The highest BCUT2D eigenvalue weighted by atomic mass is 32.1. The van der Waals surface area contributed by atoms with Gasteiger partial charge in [0.1, 0.15) is 10.7 Å². The summed E-state index contributed by atoms with van der Waals surface area (Å²) < 4.78 is 5.09. The molecule has 0 aliphatic carbocycles. The van der Waals surface area contributed by atoms with Crippen molar-refractivity contribution in [1.29, 1.82) is 0 Å². The molecule has 1 heterocycles. The van der Waals surface area contributed by atoms with E-state index in [1.54, 1.807) is 13.3 Å². The zero-order valence-corrected chi connectivity index (χ0v) is 10.2. The summed E-state index contributed by atoms with van der Waals surface area (Å²) in [7, 11) is 1.64. The van der Waals surface area contributed by atoms with Gasteiger partial charge in [-0.15, -0.1) is 0 Å². The molecule has 86 valence electrons. The van der Waals surface area contributed by atoms with Gasteiger partial charge in [-0.1, -0.05) is 18.3 Å². The molecule has 1 aromatic heterocycles. The summed E-state index contributed by atoms with van der Waals surface area (Å²) in [6, 6.07) is 13.2. The van der Waals surface area contributed by atoms with E-state index < -0.39 is 0 Å². The molecule has 0 unspecified atom stereocenters. The summed E-state index contributed by atoms with van der Waals surface area (Å²) in [6.45, 7) is 0. The standard InChI is InChI=1S/C13H12N2OS/c1-16-11-7-5-10(6-8-11)15-13(17)12-4-2-3-9-14-12/h2-9H,1H3,(H,15,17). The molecule has 0 aliphatic rings. The van der Waals surface area contributed by atoms with E-state index in [1.807, 2.05) is 42.5 Å². The number of anilines is 1. The molecule has 0 bridgehead atoms. The first-order valence-electron chi connectivity index (χ1n) is 5.16. The Hall–Kier alpha value is -1.94. The van der Waals surface area contributed by atoms with E-state index in [9.17, 15) is 0 Å². The first-order valence-corrected chi connectivity index (χ1v) is 5.57. The molecule has 0 radical (unpaired) electrons. The van der Waals surface area contributed by atoms with Gasteiger partial charge in [-0.25, -0.2) is 0 Å². The van der Waals surface area contributed by atoms with Crippen LogP contribution in [-0.2, 0) is 0 Å². The van der Waals surface area contributed by atoms with Gasteiger partial charge in [0.05, 0.1) is 12.8 Å². The quantitative estimate of drug-likeness (QED) is 0.842. The van der Waals surface area contributed by atoms with Crippen LogP contribution >= 0.6 is 12.2 Å². The molecule has 0 atom stereocenters. The van der Waals surface area contributed by atoms with Crippen molar-refractivity contribution >= 4 is 22.9 Å². The number of hydrogen-bond acceptors (Lipinski definition) is 3. The lowest BCUT2D eigenvalue weighted by atomic mass is 10.3. The second kappa shape index (κ2) is 5.41. The van der Waals surface area contributed by atoms with Crippen molar-refractivity contribution in [2.24, 2.45) is 0 Å². The largest absolute Gasteiger partial charge is 0.497 e. The van der Waals surface area contributed by atoms with Crippen LogP contribution in [0.5, 0.6) is 5.75 Å². The maximum absolute atomic E-state index is 5.26. The van der Waals surface area contributed by atoms with E-state index in [2.05, 4.69) is 10.3 Å². The van der Waals surface area contributed by atoms with E-state index in [1.165, 1.54) is 0 Å². The summed E-state index contributed by atoms with van der Waals surface area (Å²) in [5.74, 6) is 0.819. The van der Waals surface area contributed by atoms with Gasteiger partial charge in [0, 0.05) is 11.9 Å². The van der Waals surface area contributed by atoms with Crippen LogP contribution in [0.15, 0.2) is 48.7 Å². The Morgan fingerprint density at radius 2 is 1.94 bits per heavy atom. The number of ether oxygens (including phenoxy) is 1. The number of nitrogens with one attached hydrogen (secondary N) is 1. The number of rotatable bonds is 3. The molecule has 4 heteroatoms. The van der Waals surface area contributed by atoms with E-state index in [-0.39, 0.29) is 0 Å². The summed E-state index contributed by atoms with van der Waals surface area (Å²) in [5, 5.41) is 3.12. The van der Waals surface area contributed by atoms with Gasteiger partial charge in [0.2, 0.25) is 0 Å². The SMILES string of the molecule is COc1ccc(NC(=S)c2ccccn2)cc1. The smallest absolute Gasteiger partial charge is 0.129 e. The minimum absolute atomic E-state index is 0.607. The molecular weight excluding hydrogens is 232 g/mol. The maximum atomic E-state index is 5.26. The summed E-state index contributed by atoms with van der Waals surface area (Å²) >= 11 is 5.26. The number of nitrogens with zero attached hydrogens (tertiary/aromatic N) is 1. The lowest BCUT2D eigenvalue weighted by Gasteiger charge is -2.07. The Morgan fingerprint density at radius 1 is 1.18 bits per heavy atom. The van der Waals surface area contributed by atoms with Crippen molar-refractivity contribution in [2.75, 3.05) is 12.4 Å². The molecule has 3 nitrogen and oxygen atoms in total. The molecule has 2 rings (SSSR count). The number of methoxy groups -OCH3 is 1. The number of aromatic nitrogens is 1. The van der Waals surface area contributed by atoms with Crippen LogP contribution in [0.4, 0.5) is 5.69 Å². The third-order valence-corrected chi connectivity index (χ3v) is 2.56. The van der Waals surface area contributed by atoms with Gasteiger partial charge in [-0.05, 0) is 36.4 Å². The van der Waals surface area contributed by atoms with Crippen LogP contribution in [0.25, 0.3) is 0 Å². The fourth-order valence-corrected chi connectivity index (χ4v) is 1.61. The van der Waals surface area contributed by atoms with Crippen molar-refractivity contribution in [3.05, 3.63) is 54.4 Å². The zero-order chi connectivity index (χ0) is 12.1. The molecule has 2 aromatic rings. The minimum Gasteiger partial charge on any atom is -0.497 e. The maximum Gasteiger partial charge on any atom is 0.129 e. The van der Waals surface area contributed by atoms with E-state index in [4.69, 9.17) is 17.0 Å². The van der Waals surface area contributed by atoms with Gasteiger partial charge in [-0.3, -0.25) is 4.98 Å². The van der Waals surface area contributed by atoms with Crippen molar-refractivity contribution in [2.45, 2.75) is 0 Å². The molecule has 0 amide bonds. The highest BCUT2D eigenvalue weighted by Crippen LogP contribution is 2.15. The molecule has 17 heavy (non-hydrogen) atoms. The van der Waals surface area contributed by atoms with Crippen molar-refractivity contribution < 1.29 is 4.74 Å². The number of pyridine rings is 1. The summed E-state index contributed by atoms with van der Waals surface area (Å²) in [5.41, 5.74) is 1.68. The van der Waals surface area contributed by atoms with Crippen LogP contribution in [0, 0.1) is 0 Å². The predicted octanol–water partition coefficient (Wildman–Crippen LogP) is 2.88. The molecule has 0 saturated carbocycles. The van der Waals surface area contributed by atoms with Crippen molar-refractivity contribution in [3.63, 3.8) is 0 Å². The van der Waals surface area contributed by atoms with Gasteiger partial charge < -0.3 is 10.1 Å². The Labute approximate surface area is 105 Å². The molecule has 0 fully saturated rings. The molecule has 0 saturated heterocycles. The van der Waals surface area contributed by atoms with E-state index in [0.717, 1.165) is 17.1 Å². The molecule has 0 aliphatic heterocycles. The minimum atomic E-state index is 0.607. The first-order chi connectivity index (χ1) is 8.29. The fourth-order valence-electron chi connectivity index (χ4n) is 1.37. The third kappa shape index (κ3) is 3.01. The first kappa shape index (κ1) is 11.5. The van der Waals surface area contributed by atoms with Gasteiger partial charge in [0.15, 0.2) is 0 Å². The average Bonchev–Trinajstić information content (AvgIpc) is 2.40. The van der Waals surface area contributed by atoms with E-state index in [0.29, 0.717) is 4.99 Å². The lowest BCUT2D eigenvalue weighted by Crippen LogP contribution is -2.11. The molecule has 1 N–H and O–H groups in total. The van der Waals surface area contributed by atoms with Crippen molar-refractivity contribution in [3.8, 4) is 5.75 Å². The molecule has 0 spiro atoms. The van der Waals surface area contributed by atoms with Crippen LogP contribution < -0.4 is 10.1 Å². The van der Waals surface area contributed by atoms with Gasteiger partial charge in [-0.2, -0.15) is 0 Å². The monoisotopic (exact) mass is 244 g/mol. The second-order valence-corrected chi connectivity index (χ2v) is 3.81. The number of hydrogen-bond donors (Lipinski definition) is 1. The lowest BCUT2D eigenvalue weighted by molar-refractivity contribution is 0.415. The van der Waals surface area contributed by atoms with Gasteiger partial charge >= 0.3 is 0 Å². The number of thiocarbonyl (C=S) groups is 1. The predicted molar refractivity (Wildman–Crippen MR) is 72.6 cm³/mol. The zero-order valence-electron chi connectivity index (χ0n) is 9.38.